The van der Waals surface area contributed by atoms with Gasteiger partial charge in [0.1, 0.15) is 0 Å². The lowest BCUT2D eigenvalue weighted by molar-refractivity contribution is 0.578. The standard InChI is InChI=1S/C17H12Cl4N2O/c18-6-1-7-23-17(24)13-9-15(21)14(20)8-12(13)16(22-23)10-2-4-11(19)5-3-10/h2-5,8-9H,1,6-7H2. The van der Waals surface area contributed by atoms with E-state index in [1.807, 2.05) is 12.1 Å². The minimum absolute atomic E-state index is 0.216. The van der Waals surface area contributed by atoms with Crippen LogP contribution in [0.3, 0.4) is 0 Å². The molecule has 3 aromatic rings. The van der Waals surface area contributed by atoms with Crippen LogP contribution in [0.4, 0.5) is 0 Å². The van der Waals surface area contributed by atoms with Crippen LogP contribution >= 0.6 is 46.4 Å². The molecule has 3 nitrogen and oxygen atoms in total. The van der Waals surface area contributed by atoms with Gasteiger partial charge in [-0.15, -0.1) is 11.6 Å². The first-order valence-corrected chi connectivity index (χ1v) is 8.90. The van der Waals surface area contributed by atoms with Gasteiger partial charge >= 0.3 is 0 Å². The molecule has 0 unspecified atom stereocenters. The van der Waals surface area contributed by atoms with Gasteiger partial charge in [-0.1, -0.05) is 46.9 Å². The number of aryl methyl sites for hydroxylation is 1. The molecule has 124 valence electrons. The van der Waals surface area contributed by atoms with Crippen molar-refractivity contribution in [3.63, 3.8) is 0 Å². The summed E-state index contributed by atoms with van der Waals surface area (Å²) >= 11 is 23.9. The molecule has 7 heteroatoms. The number of benzene rings is 2. The van der Waals surface area contributed by atoms with E-state index in [0.29, 0.717) is 50.4 Å². The van der Waals surface area contributed by atoms with E-state index in [1.165, 1.54) is 4.68 Å². The summed E-state index contributed by atoms with van der Waals surface area (Å²) in [5.74, 6) is 0.448. The van der Waals surface area contributed by atoms with Crippen molar-refractivity contribution in [2.45, 2.75) is 13.0 Å². The first kappa shape index (κ1) is 17.6. The summed E-state index contributed by atoms with van der Waals surface area (Å²) in [6.07, 6.45) is 0.640. The smallest absolute Gasteiger partial charge is 0.267 e. The largest absolute Gasteiger partial charge is 0.274 e. The monoisotopic (exact) mass is 400 g/mol. The van der Waals surface area contributed by atoms with Crippen LogP contribution < -0.4 is 5.56 Å². The van der Waals surface area contributed by atoms with E-state index < -0.39 is 0 Å². The molecule has 0 fully saturated rings. The molecule has 0 aliphatic carbocycles. The molecule has 1 aromatic heterocycles. The number of hydrogen-bond acceptors (Lipinski definition) is 2. The molecule has 0 atom stereocenters. The van der Waals surface area contributed by atoms with Gasteiger partial charge in [0.15, 0.2) is 0 Å². The van der Waals surface area contributed by atoms with Crippen LogP contribution in [0.2, 0.25) is 15.1 Å². The third-order valence-electron chi connectivity index (χ3n) is 3.62. The van der Waals surface area contributed by atoms with Crippen LogP contribution in [-0.2, 0) is 6.54 Å². The van der Waals surface area contributed by atoms with E-state index >= 15 is 0 Å². The Kier molecular flexibility index (Phi) is 5.36. The lowest BCUT2D eigenvalue weighted by Crippen LogP contribution is -2.24. The molecule has 0 spiro atoms. The molecule has 0 bridgehead atoms. The van der Waals surface area contributed by atoms with Crippen LogP contribution in [0.15, 0.2) is 41.2 Å². The Balaban J connectivity index is 2.33. The topological polar surface area (TPSA) is 34.9 Å². The molecule has 0 radical (unpaired) electrons. The maximum atomic E-state index is 12.7. The molecule has 0 aliphatic rings. The number of rotatable bonds is 4. The van der Waals surface area contributed by atoms with Crippen molar-refractivity contribution in [3.8, 4) is 11.3 Å². The highest BCUT2D eigenvalue weighted by Gasteiger charge is 2.14. The third kappa shape index (κ3) is 3.40. The minimum atomic E-state index is -0.216. The van der Waals surface area contributed by atoms with Crippen molar-refractivity contribution < 1.29 is 0 Å². The predicted octanol–water partition coefficient (Wildman–Crippen LogP) is 5.65. The SMILES string of the molecule is O=c1c2cc(Cl)c(Cl)cc2c(-c2ccc(Cl)cc2)nn1CCCCl. The second kappa shape index (κ2) is 7.32. The molecule has 0 saturated carbocycles. The molecular weight excluding hydrogens is 390 g/mol. The average Bonchev–Trinajstić information content (AvgIpc) is 2.57. The van der Waals surface area contributed by atoms with Crippen LogP contribution in [-0.4, -0.2) is 15.7 Å². The molecule has 0 aliphatic heterocycles. The van der Waals surface area contributed by atoms with Crippen molar-refractivity contribution in [1.82, 2.24) is 9.78 Å². The third-order valence-corrected chi connectivity index (χ3v) is 4.86. The number of halogens is 4. The summed E-state index contributed by atoms with van der Waals surface area (Å²) in [6.45, 7) is 0.430. The summed E-state index contributed by atoms with van der Waals surface area (Å²) in [6, 6.07) is 10.5. The van der Waals surface area contributed by atoms with E-state index in [9.17, 15) is 4.79 Å². The Morgan fingerprint density at radius 1 is 0.958 bits per heavy atom. The van der Waals surface area contributed by atoms with Crippen LogP contribution in [0, 0.1) is 0 Å². The number of hydrogen-bond donors (Lipinski definition) is 0. The number of fused-ring (bicyclic) bond motifs is 1. The van der Waals surface area contributed by atoms with Gasteiger partial charge in [0, 0.05) is 28.4 Å². The maximum Gasteiger partial charge on any atom is 0.274 e. The molecular formula is C17H12Cl4N2O. The predicted molar refractivity (Wildman–Crippen MR) is 102 cm³/mol. The van der Waals surface area contributed by atoms with E-state index in [1.54, 1.807) is 24.3 Å². The summed E-state index contributed by atoms with van der Waals surface area (Å²) in [4.78, 5) is 12.7. The van der Waals surface area contributed by atoms with Gasteiger partial charge in [0.25, 0.3) is 5.56 Å². The van der Waals surface area contributed by atoms with Gasteiger partial charge < -0.3 is 0 Å². The first-order valence-electron chi connectivity index (χ1n) is 7.23. The quantitative estimate of drug-likeness (QED) is 0.529. The van der Waals surface area contributed by atoms with Crippen LogP contribution in [0.5, 0.6) is 0 Å². The highest BCUT2D eigenvalue weighted by atomic mass is 35.5. The van der Waals surface area contributed by atoms with Gasteiger partial charge in [-0.3, -0.25) is 4.79 Å². The van der Waals surface area contributed by atoms with Crippen molar-refractivity contribution in [2.75, 3.05) is 5.88 Å². The normalized spacial score (nSPS) is 11.2. The van der Waals surface area contributed by atoms with Gasteiger partial charge in [-0.05, 0) is 30.7 Å². The lowest BCUT2D eigenvalue weighted by Gasteiger charge is -2.12. The molecule has 0 N–H and O–H groups in total. The van der Waals surface area contributed by atoms with E-state index in [4.69, 9.17) is 46.4 Å². The zero-order valence-electron chi connectivity index (χ0n) is 12.4. The number of nitrogens with zero attached hydrogens (tertiary/aromatic N) is 2. The fourth-order valence-electron chi connectivity index (χ4n) is 2.46. The molecule has 0 saturated heterocycles. The molecule has 0 amide bonds. The van der Waals surface area contributed by atoms with Crippen LogP contribution in [0.25, 0.3) is 22.0 Å². The van der Waals surface area contributed by atoms with Gasteiger partial charge in [-0.25, -0.2) is 4.68 Å². The molecule has 24 heavy (non-hydrogen) atoms. The van der Waals surface area contributed by atoms with Gasteiger partial charge in [-0.2, -0.15) is 5.10 Å². The first-order chi connectivity index (χ1) is 11.5. The zero-order valence-corrected chi connectivity index (χ0v) is 15.4. The van der Waals surface area contributed by atoms with E-state index in [0.717, 1.165) is 5.56 Å². The fourth-order valence-corrected chi connectivity index (χ4v) is 3.03. The summed E-state index contributed by atoms with van der Waals surface area (Å²) in [5.41, 5.74) is 1.27. The molecule has 1 heterocycles. The highest BCUT2D eigenvalue weighted by molar-refractivity contribution is 6.43. The van der Waals surface area contributed by atoms with Crippen molar-refractivity contribution in [3.05, 3.63) is 61.8 Å². The lowest BCUT2D eigenvalue weighted by atomic mass is 10.0. The van der Waals surface area contributed by atoms with E-state index in [-0.39, 0.29) is 5.56 Å². The second-order valence-electron chi connectivity index (χ2n) is 5.24. The molecule has 2 aromatic carbocycles. The average molecular weight is 402 g/mol. The van der Waals surface area contributed by atoms with E-state index in [2.05, 4.69) is 5.10 Å². The maximum absolute atomic E-state index is 12.7. The summed E-state index contributed by atoms with van der Waals surface area (Å²) < 4.78 is 1.42. The van der Waals surface area contributed by atoms with Crippen molar-refractivity contribution in [2.24, 2.45) is 0 Å². The Labute approximate surface area is 158 Å². The fraction of sp³-hybridized carbons (Fsp3) is 0.176. The second-order valence-corrected chi connectivity index (χ2v) is 6.87. The van der Waals surface area contributed by atoms with Crippen molar-refractivity contribution in [1.29, 1.82) is 0 Å². The van der Waals surface area contributed by atoms with Gasteiger partial charge in [0.2, 0.25) is 0 Å². The molecule has 3 rings (SSSR count). The Morgan fingerprint density at radius 3 is 2.21 bits per heavy atom. The summed E-state index contributed by atoms with van der Waals surface area (Å²) in [7, 11) is 0. The van der Waals surface area contributed by atoms with Crippen molar-refractivity contribution >= 4 is 57.2 Å². The van der Waals surface area contributed by atoms with Crippen LogP contribution in [0.1, 0.15) is 6.42 Å². The minimum Gasteiger partial charge on any atom is -0.267 e. The Morgan fingerprint density at radius 2 is 1.58 bits per heavy atom. The number of alkyl halides is 1. The Bertz CT molecular complexity index is 951. The highest BCUT2D eigenvalue weighted by Crippen LogP contribution is 2.32. The number of aromatic nitrogens is 2. The Hall–Kier alpha value is -1.26. The zero-order chi connectivity index (χ0) is 17.3. The summed E-state index contributed by atoms with van der Waals surface area (Å²) in [5, 5.41) is 6.96. The van der Waals surface area contributed by atoms with Gasteiger partial charge in [0.05, 0.1) is 21.1 Å².